The maximum Gasteiger partial charge on any atom is 0.241 e. The molecule has 0 saturated carbocycles. The molecule has 28 heavy (non-hydrogen) atoms. The molecule has 0 spiro atoms. The quantitative estimate of drug-likeness (QED) is 0.432. The molecule has 2 aromatic rings. The summed E-state index contributed by atoms with van der Waals surface area (Å²) in [4.78, 5) is 0.205. The summed E-state index contributed by atoms with van der Waals surface area (Å²) < 4.78 is 32.1. The van der Waals surface area contributed by atoms with E-state index < -0.39 is 10.0 Å². The van der Waals surface area contributed by atoms with E-state index in [0.29, 0.717) is 18.2 Å². The number of terminal acetylenes is 1. The van der Waals surface area contributed by atoms with E-state index in [-0.39, 0.29) is 11.4 Å². The van der Waals surface area contributed by atoms with E-state index in [1.807, 2.05) is 18.2 Å². The van der Waals surface area contributed by atoms with Crippen molar-refractivity contribution in [3.63, 3.8) is 0 Å². The van der Waals surface area contributed by atoms with Crippen LogP contribution >= 0.6 is 11.6 Å². The van der Waals surface area contributed by atoms with Gasteiger partial charge < -0.3 is 10.1 Å². The van der Waals surface area contributed by atoms with Crippen LogP contribution in [0.5, 0.6) is 5.75 Å². The molecule has 7 heteroatoms. The van der Waals surface area contributed by atoms with Crippen molar-refractivity contribution in [2.45, 2.75) is 31.2 Å². The summed E-state index contributed by atoms with van der Waals surface area (Å²) in [6, 6.07) is 12.4. The Balaban J connectivity index is 1.87. The lowest BCUT2D eigenvalue weighted by Gasteiger charge is -2.12. The van der Waals surface area contributed by atoms with Gasteiger partial charge in [0.2, 0.25) is 10.0 Å². The minimum atomic E-state index is -3.55. The molecule has 0 aliphatic carbocycles. The first-order chi connectivity index (χ1) is 13.5. The highest BCUT2D eigenvalue weighted by atomic mass is 35.5. The molecule has 0 aromatic heterocycles. The van der Waals surface area contributed by atoms with Gasteiger partial charge in [-0.05, 0) is 55.3 Å². The lowest BCUT2D eigenvalue weighted by molar-refractivity contribution is 0.313. The van der Waals surface area contributed by atoms with Crippen molar-refractivity contribution in [2.24, 2.45) is 0 Å². The number of ether oxygens (including phenoxy) is 1. The van der Waals surface area contributed by atoms with Gasteiger partial charge in [-0.15, -0.1) is 6.42 Å². The van der Waals surface area contributed by atoms with E-state index in [2.05, 4.69) is 22.9 Å². The third-order valence-corrected chi connectivity index (χ3v) is 5.64. The molecule has 150 valence electrons. The van der Waals surface area contributed by atoms with Gasteiger partial charge in [0.1, 0.15) is 5.75 Å². The zero-order valence-corrected chi connectivity index (χ0v) is 17.4. The van der Waals surface area contributed by atoms with E-state index in [0.717, 1.165) is 36.3 Å². The predicted octanol–water partition coefficient (Wildman–Crippen LogP) is 3.37. The van der Waals surface area contributed by atoms with Gasteiger partial charge in [0.05, 0.1) is 18.0 Å². The fourth-order valence-electron chi connectivity index (χ4n) is 2.55. The van der Waals surface area contributed by atoms with Gasteiger partial charge in [-0.2, -0.15) is 4.72 Å². The normalized spacial score (nSPS) is 11.2. The van der Waals surface area contributed by atoms with Crippen LogP contribution in [0, 0.1) is 12.3 Å². The van der Waals surface area contributed by atoms with E-state index >= 15 is 0 Å². The van der Waals surface area contributed by atoms with Crippen molar-refractivity contribution in [1.82, 2.24) is 10.0 Å². The van der Waals surface area contributed by atoms with Crippen LogP contribution < -0.4 is 14.8 Å². The standard InChI is InChI=1S/C21H25ClN2O3S/c1-3-12-24-28(25,26)20-8-5-17(6-9-20)11-13-23-16-18-15-19(22)7-10-21(18)27-14-4-2/h1,5-10,15,23-24H,4,11-14,16H2,2H3. The smallest absolute Gasteiger partial charge is 0.241 e. The molecule has 0 unspecified atom stereocenters. The first kappa shape index (κ1) is 22.3. The van der Waals surface area contributed by atoms with Crippen LogP contribution in [0.4, 0.5) is 0 Å². The summed E-state index contributed by atoms with van der Waals surface area (Å²) in [7, 11) is -3.55. The predicted molar refractivity (Wildman–Crippen MR) is 113 cm³/mol. The van der Waals surface area contributed by atoms with Crippen LogP contribution in [0.25, 0.3) is 0 Å². The number of benzene rings is 2. The molecule has 0 atom stereocenters. The molecular formula is C21H25ClN2O3S. The molecule has 0 amide bonds. The van der Waals surface area contributed by atoms with E-state index in [1.165, 1.54) is 0 Å². The SMILES string of the molecule is C#CCNS(=O)(=O)c1ccc(CCNCc2cc(Cl)ccc2OCCC)cc1. The van der Waals surface area contributed by atoms with E-state index in [1.54, 1.807) is 24.3 Å². The minimum Gasteiger partial charge on any atom is -0.493 e. The summed E-state index contributed by atoms with van der Waals surface area (Å²) >= 11 is 6.09. The van der Waals surface area contributed by atoms with Crippen molar-refractivity contribution >= 4 is 21.6 Å². The summed E-state index contributed by atoms with van der Waals surface area (Å²) in [5, 5.41) is 4.05. The second-order valence-electron chi connectivity index (χ2n) is 6.20. The molecule has 0 bridgehead atoms. The number of hydrogen-bond donors (Lipinski definition) is 2. The van der Waals surface area contributed by atoms with Crippen LogP contribution in [0.15, 0.2) is 47.4 Å². The number of nitrogens with one attached hydrogen (secondary N) is 2. The topological polar surface area (TPSA) is 67.4 Å². The molecule has 0 aliphatic rings. The zero-order valence-electron chi connectivity index (χ0n) is 15.9. The molecule has 0 fully saturated rings. The van der Waals surface area contributed by atoms with E-state index in [9.17, 15) is 8.42 Å². The third kappa shape index (κ3) is 6.84. The van der Waals surface area contributed by atoms with E-state index in [4.69, 9.17) is 22.8 Å². The zero-order chi connectivity index (χ0) is 20.4. The highest BCUT2D eigenvalue weighted by Crippen LogP contribution is 2.23. The van der Waals surface area contributed by atoms with Gasteiger partial charge in [0, 0.05) is 17.1 Å². The average Bonchev–Trinajstić information content (AvgIpc) is 2.69. The monoisotopic (exact) mass is 420 g/mol. The maximum atomic E-state index is 12.0. The summed E-state index contributed by atoms with van der Waals surface area (Å²) in [6.07, 6.45) is 6.80. The van der Waals surface area contributed by atoms with Crippen molar-refractivity contribution in [2.75, 3.05) is 19.7 Å². The number of halogens is 1. The molecular weight excluding hydrogens is 396 g/mol. The Labute approximate surface area is 172 Å². The Hall–Kier alpha value is -2.04. The van der Waals surface area contributed by atoms with Crippen LogP contribution in [0.1, 0.15) is 24.5 Å². The summed E-state index contributed by atoms with van der Waals surface area (Å²) in [5.74, 6) is 3.10. The Morgan fingerprint density at radius 1 is 1.18 bits per heavy atom. The van der Waals surface area contributed by atoms with Gasteiger partial charge in [0.25, 0.3) is 0 Å². The molecule has 2 N–H and O–H groups in total. The maximum absolute atomic E-state index is 12.0. The second kappa shape index (κ2) is 11.1. The molecule has 0 radical (unpaired) electrons. The Bertz CT molecular complexity index is 906. The fourth-order valence-corrected chi connectivity index (χ4v) is 3.68. The Morgan fingerprint density at radius 2 is 1.93 bits per heavy atom. The van der Waals surface area contributed by atoms with Crippen LogP contribution in [0.3, 0.4) is 0 Å². The Morgan fingerprint density at radius 3 is 2.61 bits per heavy atom. The molecule has 2 rings (SSSR count). The largest absolute Gasteiger partial charge is 0.493 e. The first-order valence-corrected chi connectivity index (χ1v) is 11.0. The van der Waals surface area contributed by atoms with Crippen molar-refractivity contribution in [3.8, 4) is 18.1 Å². The van der Waals surface area contributed by atoms with Gasteiger partial charge >= 0.3 is 0 Å². The van der Waals surface area contributed by atoms with Gasteiger partial charge in [-0.1, -0.05) is 36.6 Å². The van der Waals surface area contributed by atoms with Crippen LogP contribution in [-0.2, 0) is 23.0 Å². The first-order valence-electron chi connectivity index (χ1n) is 9.10. The van der Waals surface area contributed by atoms with Gasteiger partial charge in [-0.3, -0.25) is 0 Å². The van der Waals surface area contributed by atoms with Crippen molar-refractivity contribution in [1.29, 1.82) is 0 Å². The second-order valence-corrected chi connectivity index (χ2v) is 8.40. The van der Waals surface area contributed by atoms with Crippen LogP contribution in [-0.4, -0.2) is 28.1 Å². The van der Waals surface area contributed by atoms with Crippen molar-refractivity contribution in [3.05, 3.63) is 58.6 Å². The minimum absolute atomic E-state index is 0.0263. The highest BCUT2D eigenvalue weighted by Gasteiger charge is 2.12. The van der Waals surface area contributed by atoms with Crippen LogP contribution in [0.2, 0.25) is 5.02 Å². The number of rotatable bonds is 11. The fraction of sp³-hybridized carbons (Fsp3) is 0.333. The summed E-state index contributed by atoms with van der Waals surface area (Å²) in [6.45, 7) is 4.08. The number of hydrogen-bond acceptors (Lipinski definition) is 4. The lowest BCUT2D eigenvalue weighted by Crippen LogP contribution is -2.23. The average molecular weight is 421 g/mol. The number of sulfonamides is 1. The highest BCUT2D eigenvalue weighted by molar-refractivity contribution is 7.89. The molecule has 0 aliphatic heterocycles. The molecule has 0 heterocycles. The summed E-state index contributed by atoms with van der Waals surface area (Å²) in [5.41, 5.74) is 2.05. The van der Waals surface area contributed by atoms with Crippen molar-refractivity contribution < 1.29 is 13.2 Å². The Kier molecular flexibility index (Phi) is 8.81. The van der Waals surface area contributed by atoms with Gasteiger partial charge in [0.15, 0.2) is 0 Å². The third-order valence-electron chi connectivity index (χ3n) is 3.99. The van der Waals surface area contributed by atoms with Gasteiger partial charge in [-0.25, -0.2) is 8.42 Å². The molecule has 0 saturated heterocycles. The molecule has 2 aromatic carbocycles. The lowest BCUT2D eigenvalue weighted by atomic mass is 10.1. The molecule has 5 nitrogen and oxygen atoms in total.